The molecule has 1 aliphatic carbocycles. The van der Waals surface area contributed by atoms with Crippen molar-refractivity contribution in [2.45, 2.75) is 55.7 Å². The largest absolute Gasteiger partial charge is 0.417 e. The minimum Gasteiger partial charge on any atom is -0.380 e. The van der Waals surface area contributed by atoms with Gasteiger partial charge in [0.25, 0.3) is 0 Å². The number of hydrogen-bond donors (Lipinski definition) is 2. The van der Waals surface area contributed by atoms with E-state index in [1.54, 1.807) is 24.3 Å². The van der Waals surface area contributed by atoms with Gasteiger partial charge >= 0.3 is 6.18 Å². The van der Waals surface area contributed by atoms with E-state index in [1.807, 2.05) is 6.07 Å². The third-order valence-corrected chi connectivity index (χ3v) is 7.03. The van der Waals surface area contributed by atoms with Crippen molar-refractivity contribution >= 4 is 5.91 Å². The maximum absolute atomic E-state index is 13.3. The van der Waals surface area contributed by atoms with Crippen LogP contribution < -0.4 is 5.32 Å². The average molecular weight is 396 g/mol. The molecular formula is C21H27F3N2O2. The second kappa shape index (κ2) is 6.73. The average Bonchev–Trinajstić information content (AvgIpc) is 2.64. The number of hydrogen-bond acceptors (Lipinski definition) is 3. The lowest BCUT2D eigenvalue weighted by Gasteiger charge is -2.54. The summed E-state index contributed by atoms with van der Waals surface area (Å²) in [7, 11) is 0. The van der Waals surface area contributed by atoms with Gasteiger partial charge in [0, 0.05) is 18.5 Å². The lowest BCUT2D eigenvalue weighted by Crippen LogP contribution is -2.66. The lowest BCUT2D eigenvalue weighted by atomic mass is 9.55. The van der Waals surface area contributed by atoms with Gasteiger partial charge < -0.3 is 15.3 Å². The molecule has 1 aromatic rings. The zero-order valence-corrected chi connectivity index (χ0v) is 15.9. The summed E-state index contributed by atoms with van der Waals surface area (Å²) in [5.41, 5.74) is -3.26. The maximum atomic E-state index is 13.3. The summed E-state index contributed by atoms with van der Waals surface area (Å²) < 4.78 is 39.8. The summed E-state index contributed by atoms with van der Waals surface area (Å²) in [6.07, 6.45) is -1.89. The van der Waals surface area contributed by atoms with E-state index in [2.05, 4.69) is 10.2 Å². The summed E-state index contributed by atoms with van der Waals surface area (Å²) in [5, 5.41) is 13.0. The summed E-state index contributed by atoms with van der Waals surface area (Å²) >= 11 is 0. The number of carbonyl (C=O) groups is 1. The molecule has 4 rings (SSSR count). The number of piperidine rings is 2. The number of fused-ring (bicyclic) bond motifs is 2. The molecule has 154 valence electrons. The molecule has 0 unspecified atom stereocenters. The third kappa shape index (κ3) is 3.22. The number of carbonyl (C=O) groups excluding carboxylic acids is 1. The molecule has 0 radical (unpaired) electrons. The fourth-order valence-corrected chi connectivity index (χ4v) is 5.49. The highest BCUT2D eigenvalue weighted by molar-refractivity contribution is 5.83. The lowest BCUT2D eigenvalue weighted by molar-refractivity contribution is -0.303. The van der Waals surface area contributed by atoms with Crippen molar-refractivity contribution in [1.29, 1.82) is 0 Å². The van der Waals surface area contributed by atoms with E-state index in [0.29, 0.717) is 0 Å². The fraction of sp³-hybridized carbons (Fsp3) is 0.667. The molecule has 2 aliphatic heterocycles. The maximum Gasteiger partial charge on any atom is 0.417 e. The molecule has 2 saturated heterocycles. The van der Waals surface area contributed by atoms with Gasteiger partial charge in [0.1, 0.15) is 0 Å². The van der Waals surface area contributed by atoms with Crippen molar-refractivity contribution in [3.05, 3.63) is 35.9 Å². The summed E-state index contributed by atoms with van der Waals surface area (Å²) in [4.78, 5) is 15.4. The highest BCUT2D eigenvalue weighted by atomic mass is 19.4. The number of benzene rings is 1. The Balaban J connectivity index is 1.51. The van der Waals surface area contributed by atoms with Crippen LogP contribution in [0.2, 0.25) is 0 Å². The van der Waals surface area contributed by atoms with E-state index in [0.717, 1.165) is 50.9 Å². The van der Waals surface area contributed by atoms with E-state index in [1.165, 1.54) is 0 Å². The molecule has 3 fully saturated rings. The number of amides is 1. The molecule has 1 saturated carbocycles. The minimum absolute atomic E-state index is 0.0466. The monoisotopic (exact) mass is 396 g/mol. The van der Waals surface area contributed by atoms with Gasteiger partial charge in [-0.15, -0.1) is 0 Å². The Bertz CT molecular complexity index is 719. The van der Waals surface area contributed by atoms with Gasteiger partial charge in [0.05, 0.1) is 5.41 Å². The van der Waals surface area contributed by atoms with Gasteiger partial charge in [-0.2, -0.15) is 13.2 Å². The predicted molar refractivity (Wildman–Crippen MR) is 98.7 cm³/mol. The quantitative estimate of drug-likeness (QED) is 0.823. The number of aliphatic hydroxyl groups is 1. The summed E-state index contributed by atoms with van der Waals surface area (Å²) in [6, 6.07) is 8.93. The molecular weight excluding hydrogens is 369 g/mol. The Morgan fingerprint density at radius 2 is 1.71 bits per heavy atom. The zero-order valence-electron chi connectivity index (χ0n) is 15.9. The van der Waals surface area contributed by atoms with E-state index in [4.69, 9.17) is 0 Å². The smallest absolute Gasteiger partial charge is 0.380 e. The van der Waals surface area contributed by atoms with Crippen LogP contribution in [0.1, 0.15) is 44.1 Å². The second-order valence-corrected chi connectivity index (χ2v) is 8.98. The standard InChI is InChI=1S/C21H27F3N2O2/c22-21(23,24)20(28)12-19(13-20,16-6-2-1-3-7-16)14-25-17(27)18-8-4-10-26(15-18)11-5-9-18/h1-3,6-7,28H,4-5,8-15H2,(H,25,27). The molecule has 1 amide bonds. The van der Waals surface area contributed by atoms with Crippen LogP contribution in [0.25, 0.3) is 0 Å². The van der Waals surface area contributed by atoms with Gasteiger partial charge in [-0.1, -0.05) is 30.3 Å². The number of rotatable bonds is 4. The predicted octanol–water partition coefficient (Wildman–Crippen LogP) is 3.00. The van der Waals surface area contributed by atoms with Crippen LogP contribution in [0.15, 0.2) is 30.3 Å². The first-order valence-electron chi connectivity index (χ1n) is 10.0. The molecule has 3 aliphatic rings. The van der Waals surface area contributed by atoms with Crippen molar-refractivity contribution in [3.8, 4) is 0 Å². The highest BCUT2D eigenvalue weighted by Crippen LogP contribution is 2.56. The molecule has 4 nitrogen and oxygen atoms in total. The Kier molecular flexibility index (Phi) is 4.74. The van der Waals surface area contributed by atoms with Crippen LogP contribution in [-0.4, -0.2) is 53.9 Å². The SMILES string of the molecule is O=C(NCC1(c2ccccc2)CC(O)(C(F)(F)F)C1)C12CCCN(CCC1)C2. The van der Waals surface area contributed by atoms with Gasteiger partial charge in [-0.25, -0.2) is 0 Å². The molecule has 1 aromatic carbocycles. The number of halogens is 3. The molecule has 0 spiro atoms. The van der Waals surface area contributed by atoms with Crippen molar-refractivity contribution in [3.63, 3.8) is 0 Å². The first-order chi connectivity index (χ1) is 13.2. The van der Waals surface area contributed by atoms with Crippen LogP contribution in [0.3, 0.4) is 0 Å². The highest BCUT2D eigenvalue weighted by Gasteiger charge is 2.67. The van der Waals surface area contributed by atoms with Crippen LogP contribution >= 0.6 is 0 Å². The van der Waals surface area contributed by atoms with E-state index in [9.17, 15) is 23.1 Å². The number of nitrogens with zero attached hydrogens (tertiary/aromatic N) is 1. The van der Waals surface area contributed by atoms with Gasteiger partial charge in [0.15, 0.2) is 5.60 Å². The van der Waals surface area contributed by atoms with Crippen molar-refractivity contribution in [2.24, 2.45) is 5.41 Å². The van der Waals surface area contributed by atoms with Crippen LogP contribution in [0.4, 0.5) is 13.2 Å². The number of nitrogens with one attached hydrogen (secondary N) is 1. The Hall–Kier alpha value is -1.60. The Labute approximate surface area is 163 Å². The topological polar surface area (TPSA) is 52.6 Å². The Morgan fingerprint density at radius 3 is 2.29 bits per heavy atom. The molecule has 0 atom stereocenters. The Morgan fingerprint density at radius 1 is 1.11 bits per heavy atom. The van der Waals surface area contributed by atoms with Crippen molar-refractivity contribution in [1.82, 2.24) is 10.2 Å². The second-order valence-electron chi connectivity index (χ2n) is 8.98. The van der Waals surface area contributed by atoms with Gasteiger partial charge in [-0.05, 0) is 57.2 Å². The molecule has 0 aromatic heterocycles. The minimum atomic E-state index is -4.67. The van der Waals surface area contributed by atoms with Gasteiger partial charge in [-0.3, -0.25) is 4.79 Å². The van der Waals surface area contributed by atoms with E-state index in [-0.39, 0.29) is 12.5 Å². The first-order valence-corrected chi connectivity index (χ1v) is 10.0. The van der Waals surface area contributed by atoms with Crippen LogP contribution in [-0.2, 0) is 10.2 Å². The fourth-order valence-electron chi connectivity index (χ4n) is 5.49. The van der Waals surface area contributed by atoms with Gasteiger partial charge in [0.2, 0.25) is 5.91 Å². The molecule has 2 bridgehead atoms. The molecule has 7 heteroatoms. The van der Waals surface area contributed by atoms with Crippen LogP contribution in [0.5, 0.6) is 0 Å². The van der Waals surface area contributed by atoms with E-state index < -0.39 is 35.4 Å². The summed E-state index contributed by atoms with van der Waals surface area (Å²) in [6.45, 7) is 2.89. The van der Waals surface area contributed by atoms with Crippen molar-refractivity contribution < 1.29 is 23.1 Å². The van der Waals surface area contributed by atoms with Crippen LogP contribution in [0, 0.1) is 5.41 Å². The zero-order chi connectivity index (χ0) is 20.0. The number of alkyl halides is 3. The summed E-state index contributed by atoms with van der Waals surface area (Å²) in [5.74, 6) is -0.0466. The third-order valence-electron chi connectivity index (χ3n) is 7.03. The molecule has 2 heterocycles. The molecule has 2 N–H and O–H groups in total. The van der Waals surface area contributed by atoms with E-state index >= 15 is 0 Å². The molecule has 28 heavy (non-hydrogen) atoms. The first kappa shape index (κ1) is 19.7. The van der Waals surface area contributed by atoms with Crippen molar-refractivity contribution in [2.75, 3.05) is 26.2 Å². The normalized spacial score (nSPS) is 37.8.